The maximum atomic E-state index is 8.33. The first-order chi connectivity index (χ1) is 6.58. The minimum atomic E-state index is -1.10. The molecule has 14 heavy (non-hydrogen) atoms. The molecule has 0 aromatic rings. The third-order valence-electron chi connectivity index (χ3n) is 1.49. The standard InChI is InChI=1S/C6H14O2.C3H8O3/c1-2-3-4-5-6(7)8;4-1-3(6)2-5/h6-8H,2-5H2,1H3;3-6H,1-2H2. The molecule has 0 heterocycles. The molecule has 88 valence electrons. The van der Waals surface area contributed by atoms with Crippen molar-refractivity contribution in [1.29, 1.82) is 0 Å². The summed E-state index contributed by atoms with van der Waals surface area (Å²) in [4.78, 5) is 0. The monoisotopic (exact) mass is 210 g/mol. The fraction of sp³-hybridized carbons (Fsp3) is 1.00. The summed E-state index contributed by atoms with van der Waals surface area (Å²) in [7, 11) is 0. The van der Waals surface area contributed by atoms with E-state index in [4.69, 9.17) is 25.5 Å². The van der Waals surface area contributed by atoms with Crippen LogP contribution in [0.1, 0.15) is 32.6 Å². The SMILES string of the molecule is CCCCCC(O)O.OCC(O)CO. The Balaban J connectivity index is 0. The van der Waals surface area contributed by atoms with E-state index in [1.165, 1.54) is 0 Å². The van der Waals surface area contributed by atoms with E-state index in [1.54, 1.807) is 0 Å². The molecule has 0 aromatic heterocycles. The van der Waals surface area contributed by atoms with Crippen LogP contribution < -0.4 is 0 Å². The molecular weight excluding hydrogens is 188 g/mol. The van der Waals surface area contributed by atoms with Crippen LogP contribution in [-0.2, 0) is 0 Å². The minimum Gasteiger partial charge on any atom is -0.394 e. The Kier molecular flexibility index (Phi) is 14.8. The van der Waals surface area contributed by atoms with Gasteiger partial charge in [-0.25, -0.2) is 0 Å². The van der Waals surface area contributed by atoms with Gasteiger partial charge in [-0.15, -0.1) is 0 Å². The van der Waals surface area contributed by atoms with Gasteiger partial charge in [-0.3, -0.25) is 0 Å². The van der Waals surface area contributed by atoms with Gasteiger partial charge in [0.1, 0.15) is 6.10 Å². The fourth-order valence-electron chi connectivity index (χ4n) is 0.635. The van der Waals surface area contributed by atoms with Crippen LogP contribution in [0.15, 0.2) is 0 Å². The minimum absolute atomic E-state index is 0.365. The first kappa shape index (κ1) is 16.2. The highest BCUT2D eigenvalue weighted by Gasteiger charge is 1.94. The van der Waals surface area contributed by atoms with Crippen molar-refractivity contribution in [2.45, 2.75) is 45.0 Å². The van der Waals surface area contributed by atoms with Crippen molar-refractivity contribution >= 4 is 0 Å². The van der Waals surface area contributed by atoms with E-state index in [-0.39, 0.29) is 13.2 Å². The predicted molar refractivity (Wildman–Crippen MR) is 52.5 cm³/mol. The van der Waals surface area contributed by atoms with E-state index in [0.29, 0.717) is 6.42 Å². The largest absolute Gasteiger partial charge is 0.394 e. The molecule has 0 rings (SSSR count). The van der Waals surface area contributed by atoms with Crippen molar-refractivity contribution < 1.29 is 25.5 Å². The quantitative estimate of drug-likeness (QED) is 0.292. The van der Waals surface area contributed by atoms with Crippen LogP contribution in [0.25, 0.3) is 0 Å². The molecule has 0 radical (unpaired) electrons. The van der Waals surface area contributed by atoms with E-state index in [0.717, 1.165) is 19.3 Å². The number of hydrogen-bond donors (Lipinski definition) is 5. The zero-order valence-corrected chi connectivity index (χ0v) is 8.63. The smallest absolute Gasteiger partial charge is 0.151 e. The fourth-order valence-corrected chi connectivity index (χ4v) is 0.635. The van der Waals surface area contributed by atoms with Gasteiger partial charge in [0.15, 0.2) is 6.29 Å². The van der Waals surface area contributed by atoms with E-state index in [2.05, 4.69) is 6.92 Å². The molecule has 5 heteroatoms. The van der Waals surface area contributed by atoms with Gasteiger partial charge in [-0.05, 0) is 12.8 Å². The zero-order chi connectivity index (χ0) is 11.4. The average molecular weight is 210 g/mol. The highest BCUT2D eigenvalue weighted by molar-refractivity contribution is 4.44. The molecule has 0 saturated heterocycles. The number of aliphatic hydroxyl groups is 5. The predicted octanol–water partition coefficient (Wildman–Crippen LogP) is -0.791. The highest BCUT2D eigenvalue weighted by atomic mass is 16.5. The molecule has 0 unspecified atom stereocenters. The second kappa shape index (κ2) is 12.8. The summed E-state index contributed by atoms with van der Waals surface area (Å²) in [5, 5.41) is 40.7. The molecule has 0 aromatic carbocycles. The molecule has 0 bridgehead atoms. The number of unbranched alkanes of at least 4 members (excludes halogenated alkanes) is 2. The van der Waals surface area contributed by atoms with Gasteiger partial charge >= 0.3 is 0 Å². The second-order valence-corrected chi connectivity index (χ2v) is 3.00. The summed E-state index contributed by atoms with van der Waals surface area (Å²) in [6.45, 7) is 1.36. The van der Waals surface area contributed by atoms with E-state index >= 15 is 0 Å². The first-order valence-electron chi connectivity index (χ1n) is 4.84. The van der Waals surface area contributed by atoms with Crippen molar-refractivity contribution in [3.05, 3.63) is 0 Å². The van der Waals surface area contributed by atoms with Crippen LogP contribution in [0, 0.1) is 0 Å². The number of hydrogen-bond acceptors (Lipinski definition) is 5. The van der Waals surface area contributed by atoms with Gasteiger partial charge in [0, 0.05) is 0 Å². The molecule has 0 spiro atoms. The zero-order valence-electron chi connectivity index (χ0n) is 8.63. The Hall–Kier alpha value is -0.200. The first-order valence-corrected chi connectivity index (χ1v) is 4.84. The second-order valence-electron chi connectivity index (χ2n) is 3.00. The van der Waals surface area contributed by atoms with Crippen LogP contribution in [0.2, 0.25) is 0 Å². The Bertz CT molecular complexity index is 93.2. The maximum absolute atomic E-state index is 8.33. The lowest BCUT2D eigenvalue weighted by Crippen LogP contribution is -2.15. The van der Waals surface area contributed by atoms with E-state index < -0.39 is 12.4 Å². The maximum Gasteiger partial charge on any atom is 0.151 e. The molecule has 5 N–H and O–H groups in total. The van der Waals surface area contributed by atoms with Crippen LogP contribution in [0.5, 0.6) is 0 Å². The average Bonchev–Trinajstić information content (AvgIpc) is 2.17. The number of aliphatic hydroxyl groups excluding tert-OH is 4. The van der Waals surface area contributed by atoms with Crippen molar-refractivity contribution in [2.75, 3.05) is 13.2 Å². The van der Waals surface area contributed by atoms with Gasteiger partial charge in [0.05, 0.1) is 13.2 Å². The Morgan fingerprint density at radius 3 is 1.64 bits per heavy atom. The van der Waals surface area contributed by atoms with E-state index in [1.807, 2.05) is 0 Å². The molecule has 0 aliphatic heterocycles. The van der Waals surface area contributed by atoms with Crippen LogP contribution in [0.4, 0.5) is 0 Å². The third kappa shape index (κ3) is 17.8. The van der Waals surface area contributed by atoms with Crippen molar-refractivity contribution in [3.63, 3.8) is 0 Å². The van der Waals surface area contributed by atoms with E-state index in [9.17, 15) is 0 Å². The topological polar surface area (TPSA) is 101 Å². The Labute approximate surface area is 84.6 Å². The van der Waals surface area contributed by atoms with Gasteiger partial charge in [-0.1, -0.05) is 19.8 Å². The van der Waals surface area contributed by atoms with Crippen LogP contribution in [0.3, 0.4) is 0 Å². The number of rotatable bonds is 6. The molecule has 0 amide bonds. The molecule has 0 aliphatic carbocycles. The molecule has 0 aliphatic rings. The molecule has 5 nitrogen and oxygen atoms in total. The summed E-state index contributed by atoms with van der Waals surface area (Å²) in [6, 6.07) is 0. The van der Waals surface area contributed by atoms with Crippen LogP contribution in [-0.4, -0.2) is 51.1 Å². The molecule has 0 atom stereocenters. The lowest BCUT2D eigenvalue weighted by molar-refractivity contribution is -0.0465. The highest BCUT2D eigenvalue weighted by Crippen LogP contribution is 1.99. The molecule has 0 saturated carbocycles. The summed E-state index contributed by atoms with van der Waals surface area (Å²) < 4.78 is 0. The van der Waals surface area contributed by atoms with Crippen molar-refractivity contribution in [2.24, 2.45) is 0 Å². The molecule has 0 fully saturated rings. The normalized spacial score (nSPS) is 10.3. The summed E-state index contributed by atoms with van der Waals surface area (Å²) in [6.07, 6.45) is 1.62. The van der Waals surface area contributed by atoms with Gasteiger partial charge < -0.3 is 25.5 Å². The van der Waals surface area contributed by atoms with Crippen LogP contribution >= 0.6 is 0 Å². The third-order valence-corrected chi connectivity index (χ3v) is 1.49. The Morgan fingerprint density at radius 2 is 1.43 bits per heavy atom. The van der Waals surface area contributed by atoms with Crippen molar-refractivity contribution in [1.82, 2.24) is 0 Å². The lowest BCUT2D eigenvalue weighted by atomic mass is 10.2. The van der Waals surface area contributed by atoms with Gasteiger partial charge in [0.2, 0.25) is 0 Å². The Morgan fingerprint density at radius 1 is 0.929 bits per heavy atom. The summed E-state index contributed by atoms with van der Waals surface area (Å²) in [5.74, 6) is 0. The van der Waals surface area contributed by atoms with Crippen molar-refractivity contribution in [3.8, 4) is 0 Å². The van der Waals surface area contributed by atoms with Gasteiger partial charge in [-0.2, -0.15) is 0 Å². The molecular formula is C9H22O5. The van der Waals surface area contributed by atoms with Gasteiger partial charge in [0.25, 0.3) is 0 Å². The lowest BCUT2D eigenvalue weighted by Gasteiger charge is -1.99. The summed E-state index contributed by atoms with van der Waals surface area (Å²) in [5.41, 5.74) is 0. The summed E-state index contributed by atoms with van der Waals surface area (Å²) >= 11 is 0.